The lowest BCUT2D eigenvalue weighted by Gasteiger charge is -2.34. The van der Waals surface area contributed by atoms with Crippen LogP contribution in [-0.4, -0.2) is 37.6 Å². The predicted octanol–water partition coefficient (Wildman–Crippen LogP) is 4.16. The lowest BCUT2D eigenvalue weighted by atomic mass is 10.1. The molecule has 0 atom stereocenters. The number of rotatable bonds is 4. The summed E-state index contributed by atoms with van der Waals surface area (Å²) in [5, 5.41) is 1.16. The highest BCUT2D eigenvalue weighted by Gasteiger charge is 2.25. The van der Waals surface area contributed by atoms with Gasteiger partial charge in [-0.15, -0.1) is 0 Å². The second-order valence-corrected chi connectivity index (χ2v) is 6.88. The smallest absolute Gasteiger partial charge is 0.241 e. The summed E-state index contributed by atoms with van der Waals surface area (Å²) in [4.78, 5) is 16.4. The number of anilines is 1. The highest BCUT2D eigenvalue weighted by molar-refractivity contribution is 6.42. The van der Waals surface area contributed by atoms with Crippen molar-refractivity contribution in [1.29, 1.82) is 0 Å². The Labute approximate surface area is 157 Å². The molecule has 1 aliphatic rings. The maximum Gasteiger partial charge on any atom is 0.241 e. The zero-order valence-corrected chi connectivity index (χ0v) is 15.8. The minimum absolute atomic E-state index is 0.0748. The van der Waals surface area contributed by atoms with Crippen molar-refractivity contribution in [3.63, 3.8) is 0 Å². The Hall–Kier alpha value is -1.75. The highest BCUT2D eigenvalue weighted by Crippen LogP contribution is 2.30. The molecule has 2 aromatic carbocycles. The Bertz CT molecular complexity index is 778. The molecule has 1 fully saturated rings. The van der Waals surface area contributed by atoms with Crippen molar-refractivity contribution >= 4 is 34.8 Å². The van der Waals surface area contributed by atoms with Crippen molar-refractivity contribution < 1.29 is 9.53 Å². The zero-order chi connectivity index (χ0) is 18.0. The number of halogens is 2. The quantitative estimate of drug-likeness (QED) is 0.800. The number of methoxy groups -OCH3 is 1. The van der Waals surface area contributed by atoms with Gasteiger partial charge in [-0.2, -0.15) is 0 Å². The molecular weight excluding hydrogens is 359 g/mol. The molecule has 0 unspecified atom stereocenters. The van der Waals surface area contributed by atoms with Crippen molar-refractivity contribution in [1.82, 2.24) is 4.90 Å². The van der Waals surface area contributed by atoms with Crippen molar-refractivity contribution in [2.24, 2.45) is 0 Å². The van der Waals surface area contributed by atoms with E-state index in [4.69, 9.17) is 27.9 Å². The second-order valence-electron chi connectivity index (χ2n) is 6.12. The number of carbonyl (C=O) groups excluding carboxylic acids is 1. The summed E-state index contributed by atoms with van der Waals surface area (Å²) in [6, 6.07) is 11.5. The number of piperazine rings is 1. The summed E-state index contributed by atoms with van der Waals surface area (Å²) in [6.07, 6.45) is 0. The third-order valence-electron chi connectivity index (χ3n) is 4.43. The Morgan fingerprint density at radius 3 is 2.40 bits per heavy atom. The molecule has 1 amide bonds. The van der Waals surface area contributed by atoms with Gasteiger partial charge in [0, 0.05) is 25.3 Å². The van der Waals surface area contributed by atoms with Gasteiger partial charge in [-0.05, 0) is 42.3 Å². The molecule has 2 aromatic rings. The minimum atomic E-state index is 0.0748. The zero-order valence-electron chi connectivity index (χ0n) is 14.3. The molecule has 0 saturated carbocycles. The van der Waals surface area contributed by atoms with E-state index in [9.17, 15) is 4.79 Å². The first-order valence-corrected chi connectivity index (χ1v) is 8.85. The van der Waals surface area contributed by atoms with Crippen LogP contribution in [-0.2, 0) is 11.3 Å². The molecule has 0 radical (unpaired) electrons. The molecule has 6 heteroatoms. The molecule has 0 bridgehead atoms. The van der Waals surface area contributed by atoms with Gasteiger partial charge < -0.3 is 9.64 Å². The van der Waals surface area contributed by atoms with Gasteiger partial charge in [-0.3, -0.25) is 9.69 Å². The summed E-state index contributed by atoms with van der Waals surface area (Å²) in [6.45, 7) is 4.31. The van der Waals surface area contributed by atoms with Gasteiger partial charge in [0.15, 0.2) is 0 Å². The molecule has 0 aromatic heterocycles. The number of hydrogen-bond donors (Lipinski definition) is 0. The van der Waals surface area contributed by atoms with Crippen LogP contribution in [0.2, 0.25) is 10.0 Å². The SMILES string of the molecule is COc1ccc(N2CCN(Cc3ccc(C)c(Cl)c3Cl)CC2=O)cc1. The normalized spacial score (nSPS) is 15.5. The number of nitrogens with zero attached hydrogens (tertiary/aromatic N) is 2. The third kappa shape index (κ3) is 3.92. The molecule has 1 aliphatic heterocycles. The van der Waals surface area contributed by atoms with Crippen LogP contribution >= 0.6 is 23.2 Å². The fourth-order valence-electron chi connectivity index (χ4n) is 2.94. The van der Waals surface area contributed by atoms with Crippen LogP contribution in [0.1, 0.15) is 11.1 Å². The van der Waals surface area contributed by atoms with Crippen LogP contribution < -0.4 is 9.64 Å². The number of hydrogen-bond acceptors (Lipinski definition) is 3. The summed E-state index contributed by atoms with van der Waals surface area (Å²) in [7, 11) is 1.63. The number of carbonyl (C=O) groups is 1. The molecule has 0 N–H and O–H groups in total. The number of aryl methyl sites for hydroxylation is 1. The van der Waals surface area contributed by atoms with Crippen LogP contribution in [0, 0.1) is 6.92 Å². The van der Waals surface area contributed by atoms with E-state index in [2.05, 4.69) is 4.90 Å². The first-order valence-electron chi connectivity index (χ1n) is 8.10. The Morgan fingerprint density at radius 2 is 1.76 bits per heavy atom. The van der Waals surface area contributed by atoms with Crippen molar-refractivity contribution in [2.45, 2.75) is 13.5 Å². The molecular formula is C19H20Cl2N2O2. The molecule has 1 heterocycles. The molecule has 3 rings (SSSR count). The lowest BCUT2D eigenvalue weighted by Crippen LogP contribution is -2.50. The first-order chi connectivity index (χ1) is 12.0. The Kier molecular flexibility index (Phi) is 5.52. The van der Waals surface area contributed by atoms with Crippen molar-refractivity contribution in [2.75, 3.05) is 31.6 Å². The number of amides is 1. The predicted molar refractivity (Wildman–Crippen MR) is 102 cm³/mol. The van der Waals surface area contributed by atoms with Crippen molar-refractivity contribution in [3.05, 3.63) is 57.6 Å². The van der Waals surface area contributed by atoms with Gasteiger partial charge >= 0.3 is 0 Å². The van der Waals surface area contributed by atoms with Gasteiger partial charge in [0.1, 0.15) is 5.75 Å². The maximum atomic E-state index is 12.5. The fraction of sp³-hybridized carbons (Fsp3) is 0.316. The van der Waals surface area contributed by atoms with E-state index in [1.54, 1.807) is 12.0 Å². The van der Waals surface area contributed by atoms with Crippen LogP contribution in [0.3, 0.4) is 0 Å². The van der Waals surface area contributed by atoms with Crippen LogP contribution in [0.15, 0.2) is 36.4 Å². The van der Waals surface area contributed by atoms with Gasteiger partial charge in [-0.1, -0.05) is 35.3 Å². The van der Waals surface area contributed by atoms with Gasteiger partial charge in [0.2, 0.25) is 5.91 Å². The largest absolute Gasteiger partial charge is 0.497 e. The average molecular weight is 379 g/mol. The van der Waals surface area contributed by atoms with Crippen LogP contribution in [0.25, 0.3) is 0 Å². The fourth-order valence-corrected chi connectivity index (χ4v) is 3.40. The summed E-state index contributed by atoms with van der Waals surface area (Å²) in [5.74, 6) is 0.853. The summed E-state index contributed by atoms with van der Waals surface area (Å²) < 4.78 is 5.16. The lowest BCUT2D eigenvalue weighted by molar-refractivity contribution is -0.121. The van der Waals surface area contributed by atoms with E-state index in [-0.39, 0.29) is 5.91 Å². The number of ether oxygens (including phenoxy) is 1. The maximum absolute atomic E-state index is 12.5. The standard InChI is InChI=1S/C19H20Cl2N2O2/c1-13-3-4-14(19(21)18(13)20)11-22-9-10-23(17(24)12-22)15-5-7-16(25-2)8-6-15/h3-8H,9-12H2,1-2H3. The topological polar surface area (TPSA) is 32.8 Å². The average Bonchev–Trinajstić information content (AvgIpc) is 2.62. The Balaban J connectivity index is 1.67. The Morgan fingerprint density at radius 1 is 1.04 bits per heavy atom. The van der Waals surface area contributed by atoms with Crippen molar-refractivity contribution in [3.8, 4) is 5.75 Å². The molecule has 4 nitrogen and oxygen atoms in total. The van der Waals surface area contributed by atoms with Gasteiger partial charge in [0.05, 0.1) is 23.7 Å². The third-order valence-corrected chi connectivity index (χ3v) is 5.45. The van der Waals surface area contributed by atoms with Gasteiger partial charge in [0.25, 0.3) is 0 Å². The molecule has 0 aliphatic carbocycles. The second kappa shape index (κ2) is 7.65. The summed E-state index contributed by atoms with van der Waals surface area (Å²) in [5.41, 5.74) is 2.79. The highest BCUT2D eigenvalue weighted by atomic mass is 35.5. The molecule has 25 heavy (non-hydrogen) atoms. The first kappa shape index (κ1) is 18.1. The van der Waals surface area contributed by atoms with E-state index in [0.717, 1.165) is 29.1 Å². The minimum Gasteiger partial charge on any atom is -0.497 e. The van der Waals surface area contributed by atoms with E-state index in [1.165, 1.54) is 0 Å². The molecule has 132 valence electrons. The monoisotopic (exact) mass is 378 g/mol. The number of benzene rings is 2. The van der Waals surface area contributed by atoms with Crippen LogP contribution in [0.5, 0.6) is 5.75 Å². The van der Waals surface area contributed by atoms with E-state index < -0.39 is 0 Å². The van der Waals surface area contributed by atoms with E-state index >= 15 is 0 Å². The molecule has 1 saturated heterocycles. The van der Waals surface area contributed by atoms with Gasteiger partial charge in [-0.25, -0.2) is 0 Å². The van der Waals surface area contributed by atoms with E-state index in [0.29, 0.717) is 29.7 Å². The van der Waals surface area contributed by atoms with E-state index in [1.807, 2.05) is 43.3 Å². The summed E-state index contributed by atoms with van der Waals surface area (Å²) >= 11 is 12.6. The van der Waals surface area contributed by atoms with Crippen LogP contribution in [0.4, 0.5) is 5.69 Å². The molecule has 0 spiro atoms.